The van der Waals surface area contributed by atoms with Gasteiger partial charge >= 0.3 is 0 Å². The molecule has 114 valence electrons. The Morgan fingerprint density at radius 1 is 1.19 bits per heavy atom. The van der Waals surface area contributed by atoms with E-state index in [1.165, 1.54) is 73.2 Å². The van der Waals surface area contributed by atoms with Crippen molar-refractivity contribution in [3.05, 3.63) is 34.9 Å². The van der Waals surface area contributed by atoms with Crippen molar-refractivity contribution in [3.63, 3.8) is 0 Å². The normalized spacial score (nSPS) is 18.0. The first-order valence-corrected chi connectivity index (χ1v) is 9.30. The molecule has 1 aromatic heterocycles. The Morgan fingerprint density at radius 3 is 2.62 bits per heavy atom. The number of fused-ring (bicyclic) bond motifs is 1. The number of rotatable bonds is 6. The predicted octanol–water partition coefficient (Wildman–Crippen LogP) is 6.17. The molecule has 1 saturated carbocycles. The number of nitrogens with one attached hydrogen (secondary N) is 1. The van der Waals surface area contributed by atoms with Crippen LogP contribution in [-0.2, 0) is 12.8 Å². The number of anilines is 1. The molecule has 0 saturated heterocycles. The van der Waals surface area contributed by atoms with Crippen molar-refractivity contribution in [1.29, 1.82) is 0 Å². The van der Waals surface area contributed by atoms with E-state index in [-0.39, 0.29) is 0 Å². The summed E-state index contributed by atoms with van der Waals surface area (Å²) < 4.78 is 0. The van der Waals surface area contributed by atoms with Crippen LogP contribution in [0, 0.1) is 5.92 Å². The van der Waals surface area contributed by atoms with Gasteiger partial charge in [0, 0.05) is 16.1 Å². The molecule has 2 aliphatic carbocycles. The summed E-state index contributed by atoms with van der Waals surface area (Å²) in [5, 5.41) is 5.00. The van der Waals surface area contributed by atoms with Gasteiger partial charge < -0.3 is 5.32 Å². The summed E-state index contributed by atoms with van der Waals surface area (Å²) >= 11 is 1.96. The average molecular weight is 301 g/mol. The summed E-state index contributed by atoms with van der Waals surface area (Å²) in [4.78, 5) is 1.59. The van der Waals surface area contributed by atoms with Gasteiger partial charge in [-0.2, -0.15) is 0 Å². The minimum Gasteiger partial charge on any atom is -0.350 e. The average Bonchev–Trinajstić information content (AvgIpc) is 2.74. The van der Waals surface area contributed by atoms with Crippen molar-refractivity contribution in [2.24, 2.45) is 5.92 Å². The summed E-state index contributed by atoms with van der Waals surface area (Å²) in [5.41, 5.74) is 5.58. The highest BCUT2D eigenvalue weighted by Gasteiger charge is 2.25. The van der Waals surface area contributed by atoms with Crippen molar-refractivity contribution in [1.82, 2.24) is 0 Å². The molecule has 0 amide bonds. The molecule has 0 spiro atoms. The first-order chi connectivity index (χ1) is 10.2. The fraction of sp³-hybridized carbons (Fsp3) is 0.579. The zero-order valence-electron chi connectivity index (χ0n) is 13.3. The molecule has 3 rings (SSSR count). The second-order valence-electron chi connectivity index (χ2n) is 6.55. The lowest BCUT2D eigenvalue weighted by atomic mass is 9.83. The minimum absolute atomic E-state index is 0.691. The quantitative estimate of drug-likeness (QED) is 0.663. The van der Waals surface area contributed by atoms with E-state index in [1.807, 2.05) is 11.3 Å². The predicted molar refractivity (Wildman–Crippen MR) is 95.0 cm³/mol. The third-order valence-electron chi connectivity index (χ3n) is 4.95. The Kier molecular flexibility index (Phi) is 4.54. The number of aryl methyl sites for hydroxylation is 1. The Labute approximate surface area is 133 Å². The van der Waals surface area contributed by atoms with Crippen LogP contribution in [-0.4, -0.2) is 0 Å². The molecule has 1 fully saturated rings. The minimum atomic E-state index is 0.691. The van der Waals surface area contributed by atoms with Crippen molar-refractivity contribution in [2.45, 2.75) is 64.7 Å². The van der Waals surface area contributed by atoms with Crippen LogP contribution >= 0.6 is 11.3 Å². The first kappa shape index (κ1) is 14.9. The lowest BCUT2D eigenvalue weighted by Gasteiger charge is -2.28. The molecule has 1 aromatic rings. The summed E-state index contributed by atoms with van der Waals surface area (Å²) in [6, 6.07) is 0. The molecule has 21 heavy (non-hydrogen) atoms. The topological polar surface area (TPSA) is 12.0 Å². The highest BCUT2D eigenvalue weighted by Crippen LogP contribution is 2.44. The Hall–Kier alpha value is -1.02. The Bertz CT molecular complexity index is 548. The van der Waals surface area contributed by atoms with Crippen LogP contribution in [0.25, 0.3) is 5.57 Å². The fourth-order valence-corrected chi connectivity index (χ4v) is 4.83. The lowest BCUT2D eigenvalue weighted by molar-refractivity contribution is 0.371. The van der Waals surface area contributed by atoms with Crippen LogP contribution in [0.2, 0.25) is 0 Å². The van der Waals surface area contributed by atoms with Gasteiger partial charge in [0.15, 0.2) is 0 Å². The zero-order valence-corrected chi connectivity index (χ0v) is 14.1. The van der Waals surface area contributed by atoms with Crippen LogP contribution in [0.3, 0.4) is 0 Å². The first-order valence-electron chi connectivity index (χ1n) is 8.49. The summed E-state index contributed by atoms with van der Waals surface area (Å²) in [5.74, 6) is 0.691. The van der Waals surface area contributed by atoms with Gasteiger partial charge in [0.1, 0.15) is 5.00 Å². The highest BCUT2D eigenvalue weighted by molar-refractivity contribution is 7.16. The van der Waals surface area contributed by atoms with Gasteiger partial charge in [-0.25, -0.2) is 0 Å². The zero-order chi connectivity index (χ0) is 14.8. The van der Waals surface area contributed by atoms with Gasteiger partial charge in [-0.15, -0.1) is 11.3 Å². The smallest absolute Gasteiger partial charge is 0.101 e. The number of thiophene rings is 1. The highest BCUT2D eigenvalue weighted by atomic mass is 32.1. The van der Waals surface area contributed by atoms with Crippen LogP contribution in [0.15, 0.2) is 18.9 Å². The van der Waals surface area contributed by atoms with E-state index in [2.05, 4.69) is 25.4 Å². The van der Waals surface area contributed by atoms with E-state index in [1.54, 1.807) is 10.4 Å². The molecule has 0 aliphatic heterocycles. The molecule has 0 unspecified atom stereocenters. The van der Waals surface area contributed by atoms with Crippen LogP contribution in [0.1, 0.15) is 67.9 Å². The van der Waals surface area contributed by atoms with E-state index < -0.39 is 0 Å². The van der Waals surface area contributed by atoms with Crippen molar-refractivity contribution < 1.29 is 0 Å². The molecule has 1 nitrogen and oxygen atoms in total. The number of allylic oxidation sites excluding steroid dienone is 2. The molecular weight excluding hydrogens is 274 g/mol. The molecule has 0 atom stereocenters. The number of hydrogen-bond acceptors (Lipinski definition) is 2. The molecule has 0 radical (unpaired) electrons. The molecule has 0 bridgehead atoms. The SMILES string of the molecule is C=C(CCC)c1c(NC(=C)C2CCC2)sc2c1CCCC2. The van der Waals surface area contributed by atoms with Crippen LogP contribution in [0.4, 0.5) is 5.00 Å². The molecule has 1 heterocycles. The van der Waals surface area contributed by atoms with Crippen molar-refractivity contribution in [3.8, 4) is 0 Å². The molecular formula is C19H27NS. The summed E-state index contributed by atoms with van der Waals surface area (Å²) in [7, 11) is 0. The standard InChI is InChI=1S/C19H27NS/c1-4-8-13(2)18-16-11-5-6-12-17(16)21-19(18)20-14(3)15-9-7-10-15/h15,20H,2-12H2,1H3. The Balaban J connectivity index is 1.88. The maximum absolute atomic E-state index is 4.38. The maximum Gasteiger partial charge on any atom is 0.101 e. The summed E-state index contributed by atoms with van der Waals surface area (Å²) in [6.07, 6.45) is 11.4. The van der Waals surface area contributed by atoms with Gasteiger partial charge in [0.05, 0.1) is 0 Å². The molecule has 0 aromatic carbocycles. The summed E-state index contributed by atoms with van der Waals surface area (Å²) in [6.45, 7) is 10.9. The second kappa shape index (κ2) is 6.39. The van der Waals surface area contributed by atoms with Gasteiger partial charge in [-0.3, -0.25) is 0 Å². The largest absolute Gasteiger partial charge is 0.350 e. The molecule has 2 aliphatic rings. The molecule has 2 heteroatoms. The van der Waals surface area contributed by atoms with Gasteiger partial charge in [0.25, 0.3) is 0 Å². The third kappa shape index (κ3) is 2.96. The van der Waals surface area contributed by atoms with Crippen LogP contribution < -0.4 is 5.32 Å². The van der Waals surface area contributed by atoms with Crippen LogP contribution in [0.5, 0.6) is 0 Å². The second-order valence-corrected chi connectivity index (χ2v) is 7.65. The van der Waals surface area contributed by atoms with E-state index in [9.17, 15) is 0 Å². The van der Waals surface area contributed by atoms with Gasteiger partial charge in [-0.1, -0.05) is 32.9 Å². The fourth-order valence-electron chi connectivity index (χ4n) is 3.46. The monoisotopic (exact) mass is 301 g/mol. The van der Waals surface area contributed by atoms with Gasteiger partial charge in [0.2, 0.25) is 0 Å². The number of hydrogen-bond donors (Lipinski definition) is 1. The lowest BCUT2D eigenvalue weighted by Crippen LogP contribution is -2.18. The van der Waals surface area contributed by atoms with Crippen molar-refractivity contribution in [2.75, 3.05) is 5.32 Å². The van der Waals surface area contributed by atoms with E-state index in [0.717, 1.165) is 6.42 Å². The molecule has 1 N–H and O–H groups in total. The maximum atomic E-state index is 4.38. The van der Waals surface area contributed by atoms with E-state index in [0.29, 0.717) is 5.92 Å². The third-order valence-corrected chi connectivity index (χ3v) is 6.16. The van der Waals surface area contributed by atoms with E-state index in [4.69, 9.17) is 0 Å². The Morgan fingerprint density at radius 2 is 1.95 bits per heavy atom. The van der Waals surface area contributed by atoms with E-state index >= 15 is 0 Å². The van der Waals surface area contributed by atoms with Crippen molar-refractivity contribution >= 4 is 21.9 Å². The van der Waals surface area contributed by atoms with Gasteiger partial charge in [-0.05, 0) is 62.0 Å².